The minimum atomic E-state index is -2.90. The van der Waals surface area contributed by atoms with E-state index in [2.05, 4.69) is 15.0 Å². The average molecular weight is 373 g/mol. The number of rotatable bonds is 7. The molecule has 0 bridgehead atoms. The standard InChI is InChI=1S/C19H17F2N3O3/c20-19(21)27-14-5-3-4-13(10-14)11-22-17(25)8-9-24-12-23-16-7-2-1-6-15(16)18(24)26/h1-7,10,12,19H,8-9,11H2,(H,22,25). The molecule has 1 N–H and O–H groups in total. The Bertz CT molecular complexity index is 1000. The molecule has 1 heterocycles. The Kier molecular flexibility index (Phi) is 5.75. The second-order valence-electron chi connectivity index (χ2n) is 5.81. The number of aromatic nitrogens is 2. The Morgan fingerprint density at radius 1 is 1.19 bits per heavy atom. The van der Waals surface area contributed by atoms with Gasteiger partial charge < -0.3 is 10.1 Å². The lowest BCUT2D eigenvalue weighted by Gasteiger charge is -2.09. The first-order chi connectivity index (χ1) is 13.0. The maximum Gasteiger partial charge on any atom is 0.387 e. The molecule has 0 aliphatic rings. The first-order valence-electron chi connectivity index (χ1n) is 8.27. The summed E-state index contributed by atoms with van der Waals surface area (Å²) in [5.74, 6) is -0.235. The normalized spacial score (nSPS) is 10.9. The Morgan fingerprint density at radius 2 is 2.00 bits per heavy atom. The molecule has 0 aliphatic carbocycles. The molecule has 0 atom stereocenters. The van der Waals surface area contributed by atoms with Crippen LogP contribution in [0.5, 0.6) is 5.75 Å². The predicted molar refractivity (Wildman–Crippen MR) is 95.5 cm³/mol. The van der Waals surface area contributed by atoms with E-state index in [4.69, 9.17) is 0 Å². The van der Waals surface area contributed by atoms with Crippen LogP contribution < -0.4 is 15.6 Å². The zero-order valence-electron chi connectivity index (χ0n) is 14.3. The number of carbonyl (C=O) groups is 1. The third kappa shape index (κ3) is 4.87. The number of ether oxygens (including phenoxy) is 1. The minimum absolute atomic E-state index is 0.0329. The molecule has 0 unspecified atom stereocenters. The van der Waals surface area contributed by atoms with Crippen molar-refractivity contribution in [1.82, 2.24) is 14.9 Å². The first-order valence-corrected chi connectivity index (χ1v) is 8.27. The average Bonchev–Trinajstić information content (AvgIpc) is 2.66. The van der Waals surface area contributed by atoms with Gasteiger partial charge in [-0.2, -0.15) is 8.78 Å². The van der Waals surface area contributed by atoms with Gasteiger partial charge in [-0.15, -0.1) is 0 Å². The van der Waals surface area contributed by atoms with Gasteiger partial charge >= 0.3 is 6.61 Å². The quantitative estimate of drug-likeness (QED) is 0.691. The molecular formula is C19H17F2N3O3. The second-order valence-corrected chi connectivity index (χ2v) is 5.81. The van der Waals surface area contributed by atoms with Gasteiger partial charge in [0.15, 0.2) is 0 Å². The highest BCUT2D eigenvalue weighted by Crippen LogP contribution is 2.15. The van der Waals surface area contributed by atoms with Crippen molar-refractivity contribution in [3.63, 3.8) is 0 Å². The third-order valence-electron chi connectivity index (χ3n) is 3.92. The number of aryl methyl sites for hydroxylation is 1. The topological polar surface area (TPSA) is 73.2 Å². The molecule has 2 aromatic carbocycles. The number of nitrogens with zero attached hydrogens (tertiary/aromatic N) is 2. The van der Waals surface area contributed by atoms with Crippen molar-refractivity contribution >= 4 is 16.8 Å². The van der Waals surface area contributed by atoms with Crippen LogP contribution in [0.15, 0.2) is 59.7 Å². The fourth-order valence-electron chi connectivity index (χ4n) is 2.61. The van der Waals surface area contributed by atoms with E-state index in [0.29, 0.717) is 16.5 Å². The molecule has 0 fully saturated rings. The highest BCUT2D eigenvalue weighted by molar-refractivity contribution is 5.77. The summed E-state index contributed by atoms with van der Waals surface area (Å²) < 4.78 is 30.2. The van der Waals surface area contributed by atoms with Crippen LogP contribution in [-0.4, -0.2) is 22.1 Å². The molecule has 1 aromatic heterocycles. The number of fused-ring (bicyclic) bond motifs is 1. The van der Waals surface area contributed by atoms with E-state index < -0.39 is 6.61 Å². The molecule has 0 saturated heterocycles. The molecule has 27 heavy (non-hydrogen) atoms. The van der Waals surface area contributed by atoms with Crippen LogP contribution in [0.25, 0.3) is 10.9 Å². The van der Waals surface area contributed by atoms with Crippen LogP contribution in [0.3, 0.4) is 0 Å². The van der Waals surface area contributed by atoms with Crippen molar-refractivity contribution < 1.29 is 18.3 Å². The molecule has 0 spiro atoms. The fraction of sp³-hybridized carbons (Fsp3) is 0.211. The van der Waals surface area contributed by atoms with Gasteiger partial charge in [-0.1, -0.05) is 24.3 Å². The number of para-hydroxylation sites is 1. The summed E-state index contributed by atoms with van der Waals surface area (Å²) in [7, 11) is 0. The predicted octanol–water partition coefficient (Wildman–Crippen LogP) is 2.70. The Morgan fingerprint density at radius 3 is 2.81 bits per heavy atom. The zero-order valence-corrected chi connectivity index (χ0v) is 14.3. The minimum Gasteiger partial charge on any atom is -0.435 e. The highest BCUT2D eigenvalue weighted by Gasteiger charge is 2.08. The SMILES string of the molecule is O=C(CCn1cnc2ccccc2c1=O)NCc1cccc(OC(F)F)c1. The molecule has 0 aliphatic heterocycles. The summed E-state index contributed by atoms with van der Waals surface area (Å²) in [6, 6.07) is 13.1. The monoisotopic (exact) mass is 373 g/mol. The molecule has 6 nitrogen and oxygen atoms in total. The Labute approximate surface area is 153 Å². The van der Waals surface area contributed by atoms with E-state index in [0.717, 1.165) is 0 Å². The molecule has 140 valence electrons. The van der Waals surface area contributed by atoms with Crippen molar-refractivity contribution in [2.75, 3.05) is 0 Å². The van der Waals surface area contributed by atoms with Crippen LogP contribution in [0.4, 0.5) is 8.78 Å². The van der Waals surface area contributed by atoms with E-state index in [1.54, 1.807) is 36.4 Å². The lowest BCUT2D eigenvalue weighted by molar-refractivity contribution is -0.121. The number of carbonyl (C=O) groups excluding carboxylic acids is 1. The van der Waals surface area contributed by atoms with E-state index >= 15 is 0 Å². The number of nitrogens with one attached hydrogen (secondary N) is 1. The molecular weight excluding hydrogens is 356 g/mol. The Hall–Kier alpha value is -3.29. The Balaban J connectivity index is 1.56. The highest BCUT2D eigenvalue weighted by atomic mass is 19.3. The van der Waals surface area contributed by atoms with Crippen molar-refractivity contribution in [2.45, 2.75) is 26.1 Å². The summed E-state index contributed by atoms with van der Waals surface area (Å²) in [5.41, 5.74) is 1.03. The summed E-state index contributed by atoms with van der Waals surface area (Å²) in [4.78, 5) is 28.6. The van der Waals surface area contributed by atoms with Gasteiger partial charge in [0.05, 0.1) is 17.2 Å². The van der Waals surface area contributed by atoms with Gasteiger partial charge in [-0.05, 0) is 29.8 Å². The van der Waals surface area contributed by atoms with Gasteiger partial charge in [0.2, 0.25) is 5.91 Å². The third-order valence-corrected chi connectivity index (χ3v) is 3.92. The van der Waals surface area contributed by atoms with Gasteiger partial charge in [0.1, 0.15) is 5.75 Å². The summed E-state index contributed by atoms with van der Waals surface area (Å²) in [6.45, 7) is -2.54. The molecule has 3 aromatic rings. The summed E-state index contributed by atoms with van der Waals surface area (Å²) in [5, 5.41) is 3.19. The van der Waals surface area contributed by atoms with Crippen molar-refractivity contribution in [1.29, 1.82) is 0 Å². The molecule has 8 heteroatoms. The molecule has 0 radical (unpaired) electrons. The van der Waals surface area contributed by atoms with Crippen molar-refractivity contribution in [3.8, 4) is 5.75 Å². The number of hydrogen-bond acceptors (Lipinski definition) is 4. The lowest BCUT2D eigenvalue weighted by Crippen LogP contribution is -2.27. The van der Waals surface area contributed by atoms with Crippen LogP contribution in [0, 0.1) is 0 Å². The maximum absolute atomic E-state index is 12.4. The van der Waals surface area contributed by atoms with Crippen LogP contribution in [0.2, 0.25) is 0 Å². The maximum atomic E-state index is 12.4. The first kappa shape index (κ1) is 18.5. The number of halogens is 2. The molecule has 3 rings (SSSR count). The van der Waals surface area contributed by atoms with E-state index in [-0.39, 0.29) is 36.7 Å². The molecule has 0 saturated carbocycles. The van der Waals surface area contributed by atoms with Crippen molar-refractivity contribution in [3.05, 3.63) is 70.8 Å². The lowest BCUT2D eigenvalue weighted by atomic mass is 10.2. The molecule has 1 amide bonds. The number of hydrogen-bond donors (Lipinski definition) is 1. The zero-order chi connectivity index (χ0) is 19.2. The number of alkyl halides is 2. The summed E-state index contributed by atoms with van der Waals surface area (Å²) >= 11 is 0. The van der Waals surface area contributed by atoms with Crippen LogP contribution >= 0.6 is 0 Å². The van der Waals surface area contributed by atoms with Gasteiger partial charge in [0, 0.05) is 19.5 Å². The van der Waals surface area contributed by atoms with Gasteiger partial charge in [-0.3, -0.25) is 14.2 Å². The van der Waals surface area contributed by atoms with Gasteiger partial charge in [0.25, 0.3) is 5.56 Å². The van der Waals surface area contributed by atoms with Gasteiger partial charge in [-0.25, -0.2) is 4.98 Å². The van der Waals surface area contributed by atoms with Crippen molar-refractivity contribution in [2.24, 2.45) is 0 Å². The number of amides is 1. The number of benzene rings is 2. The van der Waals surface area contributed by atoms with E-state index in [1.165, 1.54) is 23.0 Å². The largest absolute Gasteiger partial charge is 0.435 e. The smallest absolute Gasteiger partial charge is 0.387 e. The fourth-order valence-corrected chi connectivity index (χ4v) is 2.61. The summed E-state index contributed by atoms with van der Waals surface area (Å²) in [6.07, 6.45) is 1.51. The second kappa shape index (κ2) is 8.39. The van der Waals surface area contributed by atoms with Crippen LogP contribution in [-0.2, 0) is 17.9 Å². The van der Waals surface area contributed by atoms with E-state index in [9.17, 15) is 18.4 Å². The van der Waals surface area contributed by atoms with Crippen LogP contribution in [0.1, 0.15) is 12.0 Å². The van der Waals surface area contributed by atoms with E-state index in [1.807, 2.05) is 0 Å².